The van der Waals surface area contributed by atoms with Crippen molar-refractivity contribution in [3.63, 3.8) is 0 Å². The fraction of sp³-hybridized carbons (Fsp3) is 0.0741. The topological polar surface area (TPSA) is 72.1 Å². The lowest BCUT2D eigenvalue weighted by Crippen LogP contribution is -2.33. The van der Waals surface area contributed by atoms with Gasteiger partial charge in [0.2, 0.25) is 5.78 Å². The summed E-state index contributed by atoms with van der Waals surface area (Å²) in [5, 5.41) is 9.92. The SMILES string of the molecule is COc1ccc(C(=O)C(C#N)=c2sc(=Cc3ccc(F)cc3)c(=O)n2Cc2ccc(F)cc2)cc1. The van der Waals surface area contributed by atoms with E-state index in [1.54, 1.807) is 30.3 Å². The van der Waals surface area contributed by atoms with Crippen molar-refractivity contribution in [3.8, 4) is 11.8 Å². The molecule has 0 aliphatic heterocycles. The molecule has 0 amide bonds. The quantitative estimate of drug-likeness (QED) is 0.389. The van der Waals surface area contributed by atoms with Crippen molar-refractivity contribution >= 4 is 28.8 Å². The van der Waals surface area contributed by atoms with Gasteiger partial charge in [0.1, 0.15) is 33.7 Å². The summed E-state index contributed by atoms with van der Waals surface area (Å²) in [7, 11) is 1.50. The summed E-state index contributed by atoms with van der Waals surface area (Å²) < 4.78 is 33.6. The van der Waals surface area contributed by atoms with Crippen LogP contribution in [0.25, 0.3) is 11.6 Å². The standard InChI is InChI=1S/C27H18F2N2O3S/c1-34-22-12-6-19(7-13-22)25(32)23(15-30)27-31(16-18-4-10-21(29)11-5-18)26(33)24(35-27)14-17-2-8-20(28)9-3-17/h2-14H,16H2,1H3. The third-order valence-electron chi connectivity index (χ3n) is 5.23. The molecule has 4 rings (SSSR count). The molecular weight excluding hydrogens is 470 g/mol. The van der Waals surface area contributed by atoms with Gasteiger partial charge >= 0.3 is 0 Å². The van der Waals surface area contributed by atoms with Crippen molar-refractivity contribution in [2.45, 2.75) is 6.54 Å². The minimum Gasteiger partial charge on any atom is -0.497 e. The van der Waals surface area contributed by atoms with Gasteiger partial charge in [-0.25, -0.2) is 8.78 Å². The Hall–Kier alpha value is -4.35. The van der Waals surface area contributed by atoms with Crippen LogP contribution in [0, 0.1) is 23.0 Å². The molecule has 0 fully saturated rings. The first-order valence-corrected chi connectivity index (χ1v) is 11.3. The third kappa shape index (κ3) is 5.26. The van der Waals surface area contributed by atoms with Crippen LogP contribution in [0.5, 0.6) is 5.75 Å². The van der Waals surface area contributed by atoms with Crippen molar-refractivity contribution in [2.75, 3.05) is 7.11 Å². The summed E-state index contributed by atoms with van der Waals surface area (Å²) in [5.41, 5.74) is 0.855. The van der Waals surface area contributed by atoms with Crippen LogP contribution in [0.4, 0.5) is 8.78 Å². The van der Waals surface area contributed by atoms with E-state index in [0.29, 0.717) is 16.9 Å². The minimum absolute atomic E-state index is 0.0310. The Morgan fingerprint density at radius 3 is 2.17 bits per heavy atom. The molecule has 35 heavy (non-hydrogen) atoms. The zero-order chi connectivity index (χ0) is 24.9. The number of aromatic nitrogens is 1. The Morgan fingerprint density at radius 2 is 1.60 bits per heavy atom. The average molecular weight is 489 g/mol. The third-order valence-corrected chi connectivity index (χ3v) is 6.36. The zero-order valence-electron chi connectivity index (χ0n) is 18.5. The van der Waals surface area contributed by atoms with E-state index in [1.165, 1.54) is 60.2 Å². The molecule has 0 aliphatic carbocycles. The number of rotatable bonds is 6. The number of carbonyl (C=O) groups is 1. The van der Waals surface area contributed by atoms with Crippen LogP contribution >= 0.6 is 11.3 Å². The van der Waals surface area contributed by atoms with Crippen molar-refractivity contribution in [1.82, 2.24) is 4.57 Å². The van der Waals surface area contributed by atoms with Gasteiger partial charge in [-0.15, -0.1) is 11.3 Å². The molecule has 0 radical (unpaired) electrons. The number of halogens is 2. The van der Waals surface area contributed by atoms with Gasteiger partial charge in [0, 0.05) is 5.56 Å². The summed E-state index contributed by atoms with van der Waals surface area (Å²) in [6.45, 7) is 0.0310. The molecule has 4 aromatic rings. The first-order valence-electron chi connectivity index (χ1n) is 10.4. The Bertz CT molecular complexity index is 1600. The molecule has 174 valence electrons. The van der Waals surface area contributed by atoms with Gasteiger partial charge in [-0.05, 0) is 65.7 Å². The second kappa shape index (κ2) is 10.3. The van der Waals surface area contributed by atoms with Crippen molar-refractivity contribution in [1.29, 1.82) is 5.26 Å². The van der Waals surface area contributed by atoms with Crippen LogP contribution in [0.15, 0.2) is 77.6 Å². The van der Waals surface area contributed by atoms with E-state index >= 15 is 0 Å². The summed E-state index contributed by atoms with van der Waals surface area (Å²) in [4.78, 5) is 26.6. The van der Waals surface area contributed by atoms with Gasteiger partial charge < -0.3 is 4.74 Å². The maximum Gasteiger partial charge on any atom is 0.269 e. The van der Waals surface area contributed by atoms with E-state index < -0.39 is 23.0 Å². The average Bonchev–Trinajstić information content (AvgIpc) is 3.17. The van der Waals surface area contributed by atoms with Crippen LogP contribution in [-0.4, -0.2) is 17.5 Å². The number of ketones is 1. The Kier molecular flexibility index (Phi) is 6.99. The molecule has 3 aromatic carbocycles. The van der Waals surface area contributed by atoms with E-state index in [1.807, 2.05) is 6.07 Å². The highest BCUT2D eigenvalue weighted by Gasteiger charge is 2.18. The Morgan fingerprint density at radius 1 is 1.00 bits per heavy atom. The molecule has 0 saturated heterocycles. The van der Waals surface area contributed by atoms with Crippen molar-refractivity contribution in [3.05, 3.63) is 121 Å². The van der Waals surface area contributed by atoms with Crippen molar-refractivity contribution < 1.29 is 18.3 Å². The fourth-order valence-electron chi connectivity index (χ4n) is 3.41. The number of nitriles is 1. The maximum absolute atomic E-state index is 13.4. The number of thiazole rings is 1. The highest BCUT2D eigenvalue weighted by molar-refractivity contribution is 7.07. The van der Waals surface area contributed by atoms with Crippen LogP contribution in [0.1, 0.15) is 21.5 Å². The first-order chi connectivity index (χ1) is 16.9. The minimum atomic E-state index is -0.544. The fourth-order valence-corrected chi connectivity index (χ4v) is 4.51. The molecule has 0 aliphatic rings. The molecule has 1 aromatic heterocycles. The number of ether oxygens (including phenoxy) is 1. The van der Waals surface area contributed by atoms with Gasteiger partial charge in [-0.1, -0.05) is 24.3 Å². The summed E-state index contributed by atoms with van der Waals surface area (Å²) in [6.07, 6.45) is 1.57. The summed E-state index contributed by atoms with van der Waals surface area (Å²) in [6, 6.07) is 19.5. The van der Waals surface area contributed by atoms with Gasteiger partial charge in [0.25, 0.3) is 5.56 Å². The number of hydrogen-bond acceptors (Lipinski definition) is 5. The van der Waals surface area contributed by atoms with Crippen LogP contribution in [-0.2, 0) is 6.54 Å². The molecule has 0 unspecified atom stereocenters. The number of nitrogens with zero attached hydrogens (tertiary/aromatic N) is 2. The predicted molar refractivity (Wildman–Crippen MR) is 130 cm³/mol. The van der Waals surface area contributed by atoms with Crippen molar-refractivity contribution in [2.24, 2.45) is 0 Å². The number of benzene rings is 3. The van der Waals surface area contributed by atoms with E-state index in [0.717, 1.165) is 11.3 Å². The largest absolute Gasteiger partial charge is 0.497 e. The van der Waals surface area contributed by atoms with Crippen LogP contribution < -0.4 is 19.5 Å². The molecule has 0 atom stereocenters. The lowest BCUT2D eigenvalue weighted by Gasteiger charge is -2.05. The Labute approximate surface area is 203 Å². The number of hydrogen-bond donors (Lipinski definition) is 0. The number of methoxy groups -OCH3 is 1. The van der Waals surface area contributed by atoms with E-state index in [2.05, 4.69) is 0 Å². The second-order valence-electron chi connectivity index (χ2n) is 7.53. The first kappa shape index (κ1) is 23.8. The summed E-state index contributed by atoms with van der Waals surface area (Å²) in [5.74, 6) is -0.818. The molecule has 0 N–H and O–H groups in total. The highest BCUT2D eigenvalue weighted by atomic mass is 32.1. The van der Waals surface area contributed by atoms with Gasteiger partial charge in [-0.3, -0.25) is 14.2 Å². The molecule has 0 bridgehead atoms. The van der Waals surface area contributed by atoms with Gasteiger partial charge in [0.05, 0.1) is 18.2 Å². The smallest absolute Gasteiger partial charge is 0.269 e. The normalized spacial score (nSPS) is 12.2. The van der Waals surface area contributed by atoms with Gasteiger partial charge in [0.15, 0.2) is 0 Å². The summed E-state index contributed by atoms with van der Waals surface area (Å²) >= 11 is 0.993. The van der Waals surface area contributed by atoms with E-state index in [4.69, 9.17) is 4.74 Å². The highest BCUT2D eigenvalue weighted by Crippen LogP contribution is 2.15. The number of carbonyl (C=O) groups excluding carboxylic acids is 1. The Balaban J connectivity index is 1.93. The lowest BCUT2D eigenvalue weighted by atomic mass is 10.1. The van der Waals surface area contributed by atoms with E-state index in [-0.39, 0.29) is 26.9 Å². The molecule has 0 spiro atoms. The monoisotopic (exact) mass is 488 g/mol. The van der Waals surface area contributed by atoms with Crippen LogP contribution in [0.3, 0.4) is 0 Å². The molecule has 1 heterocycles. The molecule has 5 nitrogen and oxygen atoms in total. The maximum atomic E-state index is 13.4. The molecule has 0 saturated carbocycles. The zero-order valence-corrected chi connectivity index (χ0v) is 19.3. The lowest BCUT2D eigenvalue weighted by molar-refractivity contribution is 0.105. The molecule has 8 heteroatoms. The predicted octanol–water partition coefficient (Wildman–Crippen LogP) is 3.63. The number of Topliss-reactive ketones (excluding diaryl/α,β-unsaturated/α-hetero) is 1. The molecular formula is C27H18F2N2O3S. The second-order valence-corrected chi connectivity index (χ2v) is 8.56. The van der Waals surface area contributed by atoms with Crippen LogP contribution in [0.2, 0.25) is 0 Å². The van der Waals surface area contributed by atoms with E-state index in [9.17, 15) is 23.6 Å². The van der Waals surface area contributed by atoms with Gasteiger partial charge in [-0.2, -0.15) is 5.26 Å².